The van der Waals surface area contributed by atoms with Crippen molar-refractivity contribution in [1.29, 1.82) is 0 Å². The number of hydrogen-bond donors (Lipinski definition) is 1. The smallest absolute Gasteiger partial charge is 0.0818 e. The molecule has 1 aliphatic carbocycles. The lowest BCUT2D eigenvalue weighted by molar-refractivity contribution is 0.0621. The molecule has 0 radical (unpaired) electrons. The molecule has 1 atom stereocenters. The van der Waals surface area contributed by atoms with Crippen LogP contribution in [0.3, 0.4) is 0 Å². The van der Waals surface area contributed by atoms with E-state index in [4.69, 9.17) is 0 Å². The summed E-state index contributed by atoms with van der Waals surface area (Å²) in [6, 6.07) is 8.58. The average Bonchev–Trinajstić information content (AvgIpc) is 2.27. The highest BCUT2D eigenvalue weighted by Crippen LogP contribution is 2.38. The minimum Gasteiger partial charge on any atom is -0.388 e. The van der Waals surface area contributed by atoms with Crippen LogP contribution in [0.4, 0.5) is 0 Å². The SMILES string of the molecule is CCC(C)(C)c1ccc(C(O)C2CCC2)cc1. The van der Waals surface area contributed by atoms with Crippen molar-refractivity contribution in [3.63, 3.8) is 0 Å². The zero-order chi connectivity index (χ0) is 12.5. The van der Waals surface area contributed by atoms with E-state index >= 15 is 0 Å². The van der Waals surface area contributed by atoms with Gasteiger partial charge in [-0.05, 0) is 41.7 Å². The quantitative estimate of drug-likeness (QED) is 0.824. The molecule has 1 fully saturated rings. The number of hydrogen-bond acceptors (Lipinski definition) is 1. The first-order chi connectivity index (χ1) is 8.04. The van der Waals surface area contributed by atoms with E-state index in [2.05, 4.69) is 45.0 Å². The van der Waals surface area contributed by atoms with Crippen LogP contribution in [0.2, 0.25) is 0 Å². The third kappa shape index (κ3) is 2.55. The monoisotopic (exact) mass is 232 g/mol. The van der Waals surface area contributed by atoms with Crippen molar-refractivity contribution < 1.29 is 5.11 Å². The van der Waals surface area contributed by atoms with Gasteiger partial charge in [-0.15, -0.1) is 0 Å². The van der Waals surface area contributed by atoms with E-state index in [-0.39, 0.29) is 11.5 Å². The third-order valence-corrected chi connectivity index (χ3v) is 4.51. The topological polar surface area (TPSA) is 20.2 Å². The Kier molecular flexibility index (Phi) is 3.58. The van der Waals surface area contributed by atoms with Crippen molar-refractivity contribution in [3.05, 3.63) is 35.4 Å². The maximum atomic E-state index is 10.2. The Morgan fingerprint density at radius 2 is 1.82 bits per heavy atom. The fourth-order valence-electron chi connectivity index (χ4n) is 2.36. The van der Waals surface area contributed by atoms with Crippen LogP contribution in [-0.4, -0.2) is 5.11 Å². The molecule has 1 saturated carbocycles. The summed E-state index contributed by atoms with van der Waals surface area (Å²) < 4.78 is 0. The molecule has 94 valence electrons. The Morgan fingerprint density at radius 3 is 2.24 bits per heavy atom. The van der Waals surface area contributed by atoms with Gasteiger partial charge in [0.05, 0.1) is 6.10 Å². The number of aliphatic hydroxyl groups excluding tert-OH is 1. The molecule has 1 aromatic carbocycles. The summed E-state index contributed by atoms with van der Waals surface area (Å²) in [7, 11) is 0. The van der Waals surface area contributed by atoms with Crippen LogP contribution in [0.25, 0.3) is 0 Å². The fraction of sp³-hybridized carbons (Fsp3) is 0.625. The molecule has 1 nitrogen and oxygen atoms in total. The highest BCUT2D eigenvalue weighted by atomic mass is 16.3. The molecule has 1 aromatic rings. The molecule has 0 spiro atoms. The van der Waals surface area contributed by atoms with Gasteiger partial charge in [-0.2, -0.15) is 0 Å². The lowest BCUT2D eigenvalue weighted by Gasteiger charge is -2.31. The Morgan fingerprint density at radius 1 is 1.24 bits per heavy atom. The predicted molar refractivity (Wildman–Crippen MR) is 72.1 cm³/mol. The molecule has 0 saturated heterocycles. The molecular weight excluding hydrogens is 208 g/mol. The van der Waals surface area contributed by atoms with E-state index < -0.39 is 0 Å². The van der Waals surface area contributed by atoms with Gasteiger partial charge in [0.15, 0.2) is 0 Å². The molecule has 0 bridgehead atoms. The van der Waals surface area contributed by atoms with Crippen LogP contribution in [-0.2, 0) is 5.41 Å². The Labute approximate surface area is 105 Å². The molecule has 0 amide bonds. The molecule has 1 unspecified atom stereocenters. The molecule has 1 aliphatic rings. The minimum atomic E-state index is -0.248. The highest BCUT2D eigenvalue weighted by Gasteiger charge is 2.27. The van der Waals surface area contributed by atoms with Gasteiger partial charge in [-0.1, -0.05) is 51.5 Å². The summed E-state index contributed by atoms with van der Waals surface area (Å²) in [5.74, 6) is 0.500. The number of aliphatic hydroxyl groups is 1. The normalized spacial score (nSPS) is 18.8. The maximum Gasteiger partial charge on any atom is 0.0818 e. The Bertz CT molecular complexity index is 360. The van der Waals surface area contributed by atoms with Crippen molar-refractivity contribution in [2.24, 2.45) is 5.92 Å². The second-order valence-electron chi connectivity index (χ2n) is 6.00. The second kappa shape index (κ2) is 4.81. The minimum absolute atomic E-state index is 0.236. The van der Waals surface area contributed by atoms with Crippen molar-refractivity contribution >= 4 is 0 Å². The first-order valence-electron chi connectivity index (χ1n) is 6.83. The first-order valence-corrected chi connectivity index (χ1v) is 6.83. The van der Waals surface area contributed by atoms with Crippen LogP contribution in [0.15, 0.2) is 24.3 Å². The van der Waals surface area contributed by atoms with E-state index in [1.807, 2.05) is 0 Å². The van der Waals surface area contributed by atoms with E-state index in [0.717, 1.165) is 12.0 Å². The molecule has 0 heterocycles. The summed E-state index contributed by atoms with van der Waals surface area (Å²) in [4.78, 5) is 0. The van der Waals surface area contributed by atoms with Crippen LogP contribution >= 0.6 is 0 Å². The van der Waals surface area contributed by atoms with Crippen LogP contribution in [0.1, 0.15) is 63.7 Å². The van der Waals surface area contributed by atoms with Gasteiger partial charge >= 0.3 is 0 Å². The van der Waals surface area contributed by atoms with E-state index in [9.17, 15) is 5.11 Å². The van der Waals surface area contributed by atoms with Gasteiger partial charge in [-0.3, -0.25) is 0 Å². The standard InChI is InChI=1S/C16H24O/c1-4-16(2,3)14-10-8-13(9-11-14)15(17)12-6-5-7-12/h8-12,15,17H,4-7H2,1-3H3. The summed E-state index contributed by atoms with van der Waals surface area (Å²) in [6.07, 6.45) is 4.54. The molecule has 17 heavy (non-hydrogen) atoms. The largest absolute Gasteiger partial charge is 0.388 e. The van der Waals surface area contributed by atoms with Crippen LogP contribution in [0, 0.1) is 5.92 Å². The predicted octanol–water partition coefficient (Wildman–Crippen LogP) is 4.21. The summed E-state index contributed by atoms with van der Waals surface area (Å²) >= 11 is 0. The second-order valence-corrected chi connectivity index (χ2v) is 6.00. The zero-order valence-electron chi connectivity index (χ0n) is 11.2. The zero-order valence-corrected chi connectivity index (χ0v) is 11.2. The molecule has 0 aromatic heterocycles. The van der Waals surface area contributed by atoms with Gasteiger partial charge in [0.2, 0.25) is 0 Å². The maximum absolute atomic E-state index is 10.2. The van der Waals surface area contributed by atoms with Gasteiger partial charge in [-0.25, -0.2) is 0 Å². The van der Waals surface area contributed by atoms with E-state index in [1.165, 1.54) is 24.8 Å². The molecule has 1 N–H and O–H groups in total. The van der Waals surface area contributed by atoms with Crippen molar-refractivity contribution in [2.75, 3.05) is 0 Å². The fourth-order valence-corrected chi connectivity index (χ4v) is 2.36. The first kappa shape index (κ1) is 12.6. The lowest BCUT2D eigenvalue weighted by Crippen LogP contribution is -2.20. The number of benzene rings is 1. The van der Waals surface area contributed by atoms with Crippen molar-refractivity contribution in [3.8, 4) is 0 Å². The molecule has 0 aliphatic heterocycles. The van der Waals surface area contributed by atoms with Gasteiger partial charge in [0, 0.05) is 0 Å². The van der Waals surface area contributed by atoms with Gasteiger partial charge < -0.3 is 5.11 Å². The van der Waals surface area contributed by atoms with E-state index in [0.29, 0.717) is 5.92 Å². The van der Waals surface area contributed by atoms with Gasteiger partial charge in [0.25, 0.3) is 0 Å². The third-order valence-electron chi connectivity index (χ3n) is 4.51. The van der Waals surface area contributed by atoms with Gasteiger partial charge in [0.1, 0.15) is 0 Å². The Hall–Kier alpha value is -0.820. The number of rotatable bonds is 4. The molecule has 1 heteroatoms. The van der Waals surface area contributed by atoms with Crippen molar-refractivity contribution in [2.45, 2.75) is 58.0 Å². The Balaban J connectivity index is 2.12. The summed E-state index contributed by atoms with van der Waals surface area (Å²) in [6.45, 7) is 6.76. The average molecular weight is 232 g/mol. The summed E-state index contributed by atoms with van der Waals surface area (Å²) in [5, 5.41) is 10.2. The van der Waals surface area contributed by atoms with E-state index in [1.54, 1.807) is 0 Å². The lowest BCUT2D eigenvalue weighted by atomic mass is 9.77. The molecule has 2 rings (SSSR count). The van der Waals surface area contributed by atoms with Crippen molar-refractivity contribution in [1.82, 2.24) is 0 Å². The molecular formula is C16H24O. The highest BCUT2D eigenvalue weighted by molar-refractivity contribution is 5.29. The summed E-state index contributed by atoms with van der Waals surface area (Å²) in [5.41, 5.74) is 2.69. The van der Waals surface area contributed by atoms with Crippen LogP contribution in [0.5, 0.6) is 0 Å². The van der Waals surface area contributed by atoms with Crippen LogP contribution < -0.4 is 0 Å².